The molecule has 0 saturated carbocycles. The number of aliphatic hydroxyl groups is 1. The lowest BCUT2D eigenvalue weighted by atomic mass is 10.2. The number of piperazine rings is 1. The first kappa shape index (κ1) is 20.8. The Hall–Kier alpha value is -2.41. The average Bonchev–Trinajstić information content (AvgIpc) is 3.08. The van der Waals surface area contributed by atoms with E-state index >= 15 is 0 Å². The molecule has 1 unspecified atom stereocenters. The Morgan fingerprint density at radius 3 is 2.10 bits per heavy atom. The molecule has 0 bridgehead atoms. The fourth-order valence-corrected chi connectivity index (χ4v) is 4.42. The number of fused-ring (bicyclic) bond motifs is 3. The first-order chi connectivity index (χ1) is 14.7. The van der Waals surface area contributed by atoms with E-state index in [1.165, 1.54) is 21.8 Å². The fourth-order valence-electron chi connectivity index (χ4n) is 4.42. The molecule has 6 nitrogen and oxygen atoms in total. The molecule has 1 aromatic heterocycles. The van der Waals surface area contributed by atoms with Gasteiger partial charge in [0.05, 0.1) is 19.2 Å². The van der Waals surface area contributed by atoms with Gasteiger partial charge in [0, 0.05) is 61.1 Å². The van der Waals surface area contributed by atoms with Crippen molar-refractivity contribution in [2.75, 3.05) is 45.8 Å². The number of carbonyl (C=O) groups is 1. The predicted octanol–water partition coefficient (Wildman–Crippen LogP) is 2.30. The van der Waals surface area contributed by atoms with Crippen LogP contribution in [0.2, 0.25) is 0 Å². The van der Waals surface area contributed by atoms with Crippen molar-refractivity contribution >= 4 is 27.7 Å². The number of para-hydroxylation sites is 2. The van der Waals surface area contributed by atoms with Crippen LogP contribution in [0.3, 0.4) is 0 Å². The van der Waals surface area contributed by atoms with Gasteiger partial charge in [-0.05, 0) is 18.6 Å². The number of rotatable bonds is 8. The van der Waals surface area contributed by atoms with Gasteiger partial charge < -0.3 is 15.0 Å². The van der Waals surface area contributed by atoms with Gasteiger partial charge >= 0.3 is 0 Å². The van der Waals surface area contributed by atoms with Gasteiger partial charge in [0.15, 0.2) is 0 Å². The number of amides is 1. The summed E-state index contributed by atoms with van der Waals surface area (Å²) in [4.78, 5) is 16.4. The number of benzene rings is 2. The van der Waals surface area contributed by atoms with Crippen molar-refractivity contribution in [2.24, 2.45) is 0 Å². The lowest BCUT2D eigenvalue weighted by molar-refractivity contribution is -0.122. The number of nitrogens with one attached hydrogen (secondary N) is 1. The van der Waals surface area contributed by atoms with Gasteiger partial charge in [-0.15, -0.1) is 0 Å². The zero-order valence-corrected chi connectivity index (χ0v) is 17.8. The maximum absolute atomic E-state index is 11.9. The minimum absolute atomic E-state index is 0.108. The van der Waals surface area contributed by atoms with Crippen LogP contribution < -0.4 is 5.32 Å². The lowest BCUT2D eigenvalue weighted by Crippen LogP contribution is -2.51. The second-order valence-corrected chi connectivity index (χ2v) is 8.23. The van der Waals surface area contributed by atoms with Crippen LogP contribution in [-0.2, 0) is 11.3 Å². The van der Waals surface area contributed by atoms with Gasteiger partial charge in [0.1, 0.15) is 0 Å². The molecule has 1 atom stereocenters. The lowest BCUT2D eigenvalue weighted by Gasteiger charge is -2.35. The molecule has 2 heterocycles. The highest BCUT2D eigenvalue weighted by molar-refractivity contribution is 6.07. The zero-order chi connectivity index (χ0) is 20.9. The molecule has 4 rings (SSSR count). The van der Waals surface area contributed by atoms with Crippen LogP contribution in [0.1, 0.15) is 13.3 Å². The number of carbonyl (C=O) groups excluding carboxylic acids is 1. The Bertz CT molecular complexity index is 938. The summed E-state index contributed by atoms with van der Waals surface area (Å²) in [7, 11) is 0. The van der Waals surface area contributed by atoms with Crippen LogP contribution in [0.5, 0.6) is 0 Å². The van der Waals surface area contributed by atoms with Crippen LogP contribution in [-0.4, -0.2) is 77.3 Å². The van der Waals surface area contributed by atoms with Crippen LogP contribution in [0.25, 0.3) is 21.8 Å². The SMILES string of the molecule is CCCNC(=O)CN1CCN(CC(O)Cn2c3ccccc3c3ccccc32)CC1. The molecule has 0 spiro atoms. The van der Waals surface area contributed by atoms with Gasteiger partial charge in [-0.1, -0.05) is 43.3 Å². The molecule has 0 aliphatic carbocycles. The summed E-state index contributed by atoms with van der Waals surface area (Å²) in [6.07, 6.45) is 0.521. The third kappa shape index (κ3) is 4.67. The number of aliphatic hydroxyl groups excluding tert-OH is 1. The topological polar surface area (TPSA) is 60.7 Å². The maximum Gasteiger partial charge on any atom is 0.234 e. The normalized spacial score (nSPS) is 16.9. The smallest absolute Gasteiger partial charge is 0.234 e. The number of β-amino-alcohol motifs (C(OH)–C–C–N with tert-alkyl or cyclic N) is 1. The molecule has 0 radical (unpaired) electrons. The first-order valence-corrected chi connectivity index (χ1v) is 11.0. The predicted molar refractivity (Wildman–Crippen MR) is 122 cm³/mol. The number of nitrogens with zero attached hydrogens (tertiary/aromatic N) is 3. The van der Waals surface area contributed by atoms with Gasteiger partial charge in [0.2, 0.25) is 5.91 Å². The average molecular weight is 409 g/mol. The van der Waals surface area contributed by atoms with Crippen molar-refractivity contribution in [1.82, 2.24) is 19.7 Å². The Balaban J connectivity index is 1.35. The molecule has 2 aromatic carbocycles. The van der Waals surface area contributed by atoms with E-state index in [-0.39, 0.29) is 5.91 Å². The van der Waals surface area contributed by atoms with E-state index in [1.54, 1.807) is 0 Å². The van der Waals surface area contributed by atoms with Crippen molar-refractivity contribution in [3.05, 3.63) is 48.5 Å². The number of hydrogen-bond donors (Lipinski definition) is 2. The molecule has 1 fully saturated rings. The van der Waals surface area contributed by atoms with Crippen LogP contribution in [0.4, 0.5) is 0 Å². The maximum atomic E-state index is 11.9. The van der Waals surface area contributed by atoms with Crippen LogP contribution in [0, 0.1) is 0 Å². The summed E-state index contributed by atoms with van der Waals surface area (Å²) in [5.41, 5.74) is 2.33. The van der Waals surface area contributed by atoms with Crippen molar-refractivity contribution in [1.29, 1.82) is 0 Å². The third-order valence-corrected chi connectivity index (χ3v) is 5.95. The molecule has 1 aliphatic rings. The van der Waals surface area contributed by atoms with Gasteiger partial charge in [-0.3, -0.25) is 14.6 Å². The van der Waals surface area contributed by atoms with Gasteiger partial charge in [-0.2, -0.15) is 0 Å². The summed E-state index contributed by atoms with van der Waals surface area (Å²) >= 11 is 0. The van der Waals surface area contributed by atoms with E-state index < -0.39 is 6.10 Å². The number of aromatic nitrogens is 1. The van der Waals surface area contributed by atoms with Crippen LogP contribution >= 0.6 is 0 Å². The van der Waals surface area contributed by atoms with Gasteiger partial charge in [-0.25, -0.2) is 0 Å². The minimum atomic E-state index is -0.441. The Morgan fingerprint density at radius 1 is 0.933 bits per heavy atom. The molecule has 1 amide bonds. The van der Waals surface area contributed by atoms with E-state index in [2.05, 4.69) is 75.1 Å². The van der Waals surface area contributed by atoms with Crippen molar-refractivity contribution in [3.8, 4) is 0 Å². The fraction of sp³-hybridized carbons (Fsp3) is 0.458. The second-order valence-electron chi connectivity index (χ2n) is 8.23. The molecule has 3 aromatic rings. The molecular formula is C24H32N4O2. The minimum Gasteiger partial charge on any atom is -0.390 e. The molecule has 2 N–H and O–H groups in total. The zero-order valence-electron chi connectivity index (χ0n) is 17.8. The summed E-state index contributed by atoms with van der Waals surface area (Å²) in [6.45, 7) is 7.99. The van der Waals surface area contributed by atoms with E-state index in [0.717, 1.165) is 39.1 Å². The highest BCUT2D eigenvalue weighted by atomic mass is 16.3. The summed E-state index contributed by atoms with van der Waals surface area (Å²) < 4.78 is 2.24. The molecule has 30 heavy (non-hydrogen) atoms. The molecule has 6 heteroatoms. The summed E-state index contributed by atoms with van der Waals surface area (Å²) in [5.74, 6) is 0.108. The molecule has 1 aliphatic heterocycles. The van der Waals surface area contributed by atoms with E-state index in [9.17, 15) is 9.90 Å². The Labute approximate surface area is 178 Å². The molecular weight excluding hydrogens is 376 g/mol. The summed E-state index contributed by atoms with van der Waals surface area (Å²) in [5, 5.41) is 16.3. The molecule has 160 valence electrons. The van der Waals surface area contributed by atoms with Crippen LogP contribution in [0.15, 0.2) is 48.5 Å². The highest BCUT2D eigenvalue weighted by Gasteiger charge is 2.21. The van der Waals surface area contributed by atoms with E-state index in [1.807, 2.05) is 0 Å². The standard InChI is InChI=1S/C24H32N4O2/c1-2-11-25-24(30)18-27-14-12-26(13-15-27)16-19(29)17-28-22-9-5-3-7-20(22)21-8-4-6-10-23(21)28/h3-10,19,29H,2,11-18H2,1H3,(H,25,30). The Kier molecular flexibility index (Phi) is 6.67. The Morgan fingerprint density at radius 2 is 1.50 bits per heavy atom. The largest absolute Gasteiger partial charge is 0.390 e. The highest BCUT2D eigenvalue weighted by Crippen LogP contribution is 2.28. The molecule has 1 saturated heterocycles. The quantitative estimate of drug-likeness (QED) is 0.601. The number of hydrogen-bond acceptors (Lipinski definition) is 4. The third-order valence-electron chi connectivity index (χ3n) is 5.95. The second kappa shape index (κ2) is 9.60. The van der Waals surface area contributed by atoms with E-state index in [4.69, 9.17) is 0 Å². The monoisotopic (exact) mass is 408 g/mol. The van der Waals surface area contributed by atoms with Crippen molar-refractivity contribution in [3.63, 3.8) is 0 Å². The summed E-state index contributed by atoms with van der Waals surface area (Å²) in [6, 6.07) is 16.8. The van der Waals surface area contributed by atoms with Crippen molar-refractivity contribution in [2.45, 2.75) is 26.0 Å². The van der Waals surface area contributed by atoms with Crippen molar-refractivity contribution < 1.29 is 9.90 Å². The van der Waals surface area contributed by atoms with Gasteiger partial charge in [0.25, 0.3) is 0 Å². The first-order valence-electron chi connectivity index (χ1n) is 11.0. The van der Waals surface area contributed by atoms with E-state index in [0.29, 0.717) is 19.6 Å².